The number of carbonyl (C=O) groups excluding carboxylic acids is 1. The number of anilines is 1. The third-order valence-corrected chi connectivity index (χ3v) is 4.27. The van der Waals surface area contributed by atoms with Crippen molar-refractivity contribution in [3.63, 3.8) is 0 Å². The molecule has 2 amide bonds. The lowest BCUT2D eigenvalue weighted by molar-refractivity contribution is -0.384. The van der Waals surface area contributed by atoms with Crippen LogP contribution in [0.3, 0.4) is 0 Å². The van der Waals surface area contributed by atoms with Crippen molar-refractivity contribution in [2.75, 3.05) is 25.0 Å². The molecule has 1 aromatic carbocycles. The lowest BCUT2D eigenvalue weighted by Gasteiger charge is -2.34. The van der Waals surface area contributed by atoms with E-state index in [-0.39, 0.29) is 11.7 Å². The maximum Gasteiger partial charge on any atom is 0.321 e. The van der Waals surface area contributed by atoms with Crippen LogP contribution in [0, 0.1) is 16.0 Å². The summed E-state index contributed by atoms with van der Waals surface area (Å²) in [4.78, 5) is 24.2. The number of hydrogen-bond acceptors (Lipinski definition) is 4. The summed E-state index contributed by atoms with van der Waals surface area (Å²) in [6.07, 6.45) is 2.10. The van der Waals surface area contributed by atoms with Crippen molar-refractivity contribution in [3.8, 4) is 0 Å². The van der Waals surface area contributed by atoms with Crippen LogP contribution >= 0.6 is 0 Å². The normalized spacial score (nSPS) is 24.5. The molecule has 0 aromatic heterocycles. The molecule has 0 radical (unpaired) electrons. The van der Waals surface area contributed by atoms with Gasteiger partial charge < -0.3 is 15.5 Å². The molecule has 112 valence electrons. The minimum Gasteiger partial charge on any atom is -0.324 e. The molecule has 2 atom stereocenters. The quantitative estimate of drug-likeness (QED) is 0.642. The molecule has 2 unspecified atom stereocenters. The van der Waals surface area contributed by atoms with Crippen LogP contribution in [-0.2, 0) is 0 Å². The fraction of sp³-hybridized carbons (Fsp3) is 0.500. The number of nitro benzene ring substituents is 1. The number of nitro groups is 1. The van der Waals surface area contributed by atoms with Crippen molar-refractivity contribution >= 4 is 17.4 Å². The van der Waals surface area contributed by atoms with E-state index in [4.69, 9.17) is 0 Å². The van der Waals surface area contributed by atoms with Crippen LogP contribution in [0.2, 0.25) is 0 Å². The Labute approximate surface area is 122 Å². The van der Waals surface area contributed by atoms with E-state index in [9.17, 15) is 14.9 Å². The number of piperidine rings is 1. The molecule has 3 rings (SSSR count). The van der Waals surface area contributed by atoms with E-state index in [1.54, 1.807) is 12.1 Å². The van der Waals surface area contributed by atoms with Gasteiger partial charge in [-0.25, -0.2) is 4.79 Å². The summed E-state index contributed by atoms with van der Waals surface area (Å²) in [6, 6.07) is 6.31. The summed E-state index contributed by atoms with van der Waals surface area (Å²) in [5.74, 6) is 0.543. The van der Waals surface area contributed by atoms with Gasteiger partial charge in [-0.05, 0) is 37.4 Å². The Hall–Kier alpha value is -2.15. The second-order valence-electron chi connectivity index (χ2n) is 5.58. The van der Waals surface area contributed by atoms with E-state index in [2.05, 4.69) is 10.6 Å². The molecule has 7 nitrogen and oxygen atoms in total. The van der Waals surface area contributed by atoms with Crippen molar-refractivity contribution < 1.29 is 9.72 Å². The predicted octanol–water partition coefficient (Wildman–Crippen LogP) is 1.81. The molecule has 2 saturated heterocycles. The lowest BCUT2D eigenvalue weighted by atomic mass is 9.94. The van der Waals surface area contributed by atoms with Gasteiger partial charge in [-0.1, -0.05) is 0 Å². The molecule has 0 saturated carbocycles. The number of urea groups is 1. The number of nitrogens with one attached hydrogen (secondary N) is 2. The molecule has 7 heteroatoms. The number of nitrogens with zero attached hydrogens (tertiary/aromatic N) is 2. The van der Waals surface area contributed by atoms with Crippen molar-refractivity contribution in [2.45, 2.75) is 18.9 Å². The summed E-state index contributed by atoms with van der Waals surface area (Å²) in [6.45, 7) is 2.55. The Balaban J connectivity index is 1.59. The average molecular weight is 290 g/mol. The van der Waals surface area contributed by atoms with E-state index >= 15 is 0 Å². The molecule has 2 fully saturated rings. The number of amides is 2. The summed E-state index contributed by atoms with van der Waals surface area (Å²) < 4.78 is 0. The molecule has 1 aromatic rings. The summed E-state index contributed by atoms with van der Waals surface area (Å²) in [5.41, 5.74) is 0.600. The van der Waals surface area contributed by atoms with E-state index in [1.165, 1.54) is 12.1 Å². The highest BCUT2D eigenvalue weighted by atomic mass is 16.6. The number of benzene rings is 1. The van der Waals surface area contributed by atoms with Gasteiger partial charge in [-0.2, -0.15) is 0 Å². The molecule has 2 N–H and O–H groups in total. The van der Waals surface area contributed by atoms with E-state index in [0.717, 1.165) is 32.5 Å². The van der Waals surface area contributed by atoms with Crippen LogP contribution in [-0.4, -0.2) is 41.5 Å². The third kappa shape index (κ3) is 2.97. The Morgan fingerprint density at radius 1 is 1.33 bits per heavy atom. The maximum atomic E-state index is 12.2. The van der Waals surface area contributed by atoms with Gasteiger partial charge >= 0.3 is 6.03 Å². The number of fused-ring (bicyclic) bond motifs is 1. The fourth-order valence-electron chi connectivity index (χ4n) is 3.10. The number of non-ortho nitro benzene ring substituents is 1. The van der Waals surface area contributed by atoms with Crippen LogP contribution < -0.4 is 10.6 Å². The smallest absolute Gasteiger partial charge is 0.321 e. The summed E-state index contributed by atoms with van der Waals surface area (Å²) in [7, 11) is 0. The van der Waals surface area contributed by atoms with Gasteiger partial charge in [0.05, 0.1) is 4.92 Å². The lowest BCUT2D eigenvalue weighted by Crippen LogP contribution is -2.48. The monoisotopic (exact) mass is 290 g/mol. The highest BCUT2D eigenvalue weighted by Crippen LogP contribution is 2.25. The van der Waals surface area contributed by atoms with Crippen LogP contribution in [0.1, 0.15) is 12.8 Å². The summed E-state index contributed by atoms with van der Waals surface area (Å²) in [5, 5.41) is 16.9. The summed E-state index contributed by atoms with van der Waals surface area (Å²) >= 11 is 0. The Bertz CT molecular complexity index is 546. The first kappa shape index (κ1) is 13.8. The van der Waals surface area contributed by atoms with Gasteiger partial charge in [0.25, 0.3) is 5.69 Å². The van der Waals surface area contributed by atoms with Gasteiger partial charge in [0, 0.05) is 37.0 Å². The number of likely N-dealkylation sites (tertiary alicyclic amines) is 1. The maximum absolute atomic E-state index is 12.2. The van der Waals surface area contributed by atoms with E-state index in [1.807, 2.05) is 4.90 Å². The second kappa shape index (κ2) is 5.69. The number of rotatable bonds is 2. The zero-order valence-electron chi connectivity index (χ0n) is 11.6. The first-order valence-corrected chi connectivity index (χ1v) is 7.17. The van der Waals surface area contributed by atoms with Crippen LogP contribution in [0.15, 0.2) is 24.3 Å². The number of carbonyl (C=O) groups is 1. The molecule has 0 bridgehead atoms. The fourth-order valence-corrected chi connectivity index (χ4v) is 3.10. The van der Waals surface area contributed by atoms with Gasteiger partial charge in [0.2, 0.25) is 0 Å². The predicted molar refractivity (Wildman–Crippen MR) is 78.2 cm³/mol. The number of hydrogen-bond donors (Lipinski definition) is 2. The van der Waals surface area contributed by atoms with E-state index < -0.39 is 4.92 Å². The highest BCUT2D eigenvalue weighted by Gasteiger charge is 2.34. The van der Waals surface area contributed by atoms with Gasteiger partial charge in [-0.15, -0.1) is 0 Å². The second-order valence-corrected chi connectivity index (χ2v) is 5.58. The molecule has 21 heavy (non-hydrogen) atoms. The molecular formula is C14H18N4O3. The van der Waals surface area contributed by atoms with Gasteiger partial charge in [0.15, 0.2) is 0 Å². The van der Waals surface area contributed by atoms with Gasteiger partial charge in [0.1, 0.15) is 0 Å². The zero-order chi connectivity index (χ0) is 14.8. The Kier molecular flexibility index (Phi) is 3.74. The minimum atomic E-state index is -0.455. The van der Waals surface area contributed by atoms with E-state index in [0.29, 0.717) is 17.6 Å². The van der Waals surface area contributed by atoms with Crippen LogP contribution in [0.4, 0.5) is 16.2 Å². The van der Waals surface area contributed by atoms with Crippen molar-refractivity contribution in [1.82, 2.24) is 10.2 Å². The zero-order valence-corrected chi connectivity index (χ0v) is 11.6. The SMILES string of the molecule is O=C(Nc1ccc([N+](=O)[O-])cc1)N1CCC2NCCC2C1. The molecule has 2 aliphatic rings. The van der Waals surface area contributed by atoms with Crippen molar-refractivity contribution in [1.29, 1.82) is 0 Å². The van der Waals surface area contributed by atoms with Gasteiger partial charge in [-0.3, -0.25) is 10.1 Å². The Morgan fingerprint density at radius 2 is 2.10 bits per heavy atom. The average Bonchev–Trinajstić information content (AvgIpc) is 2.95. The standard InChI is InChI=1S/C14H18N4O3/c19-14(16-11-1-3-12(4-2-11)18(20)21)17-8-6-13-10(9-17)5-7-15-13/h1-4,10,13,15H,5-9H2,(H,16,19). The molecule has 0 aliphatic carbocycles. The Morgan fingerprint density at radius 3 is 2.81 bits per heavy atom. The van der Waals surface area contributed by atoms with Crippen LogP contribution in [0.25, 0.3) is 0 Å². The minimum absolute atomic E-state index is 0.0193. The first-order chi connectivity index (χ1) is 10.1. The van der Waals surface area contributed by atoms with Crippen molar-refractivity contribution in [3.05, 3.63) is 34.4 Å². The third-order valence-electron chi connectivity index (χ3n) is 4.27. The topological polar surface area (TPSA) is 87.5 Å². The first-order valence-electron chi connectivity index (χ1n) is 7.17. The van der Waals surface area contributed by atoms with Crippen molar-refractivity contribution in [2.24, 2.45) is 5.92 Å². The molecule has 0 spiro atoms. The molecular weight excluding hydrogens is 272 g/mol. The highest BCUT2D eigenvalue weighted by molar-refractivity contribution is 5.89. The largest absolute Gasteiger partial charge is 0.324 e. The molecule has 2 heterocycles. The molecule has 2 aliphatic heterocycles. The van der Waals surface area contributed by atoms with Crippen LogP contribution in [0.5, 0.6) is 0 Å².